The van der Waals surface area contributed by atoms with E-state index >= 15 is 0 Å². The third-order valence-electron chi connectivity index (χ3n) is 6.03. The highest BCUT2D eigenvalue weighted by Gasteiger charge is 2.21. The van der Waals surface area contributed by atoms with Crippen molar-refractivity contribution in [2.75, 3.05) is 50.5 Å². The molecule has 0 spiro atoms. The molecule has 0 aliphatic carbocycles. The Bertz CT molecular complexity index is 1020. The summed E-state index contributed by atoms with van der Waals surface area (Å²) in [7, 11) is 1.46. The third kappa shape index (κ3) is 8.70. The van der Waals surface area contributed by atoms with Crippen LogP contribution in [0.2, 0.25) is 0 Å². The van der Waals surface area contributed by atoms with E-state index in [1.165, 1.54) is 25.1 Å². The lowest BCUT2D eigenvalue weighted by molar-refractivity contribution is -0.138. The number of pyridine rings is 1. The molecular weight excluding hydrogens is 465 g/mol. The van der Waals surface area contributed by atoms with Gasteiger partial charge in [-0.15, -0.1) is 0 Å². The first-order valence-corrected chi connectivity index (χ1v) is 12.3. The number of ether oxygens (including phenoxy) is 1. The smallest absolute Gasteiger partial charge is 0.326 e. The van der Waals surface area contributed by atoms with Crippen molar-refractivity contribution in [3.8, 4) is 6.07 Å². The van der Waals surface area contributed by atoms with Crippen LogP contribution in [0.4, 0.5) is 16.2 Å². The molecule has 1 aliphatic heterocycles. The van der Waals surface area contributed by atoms with E-state index in [9.17, 15) is 14.3 Å². The van der Waals surface area contributed by atoms with Gasteiger partial charge in [0.1, 0.15) is 24.1 Å². The Hall–Kier alpha value is -3.36. The number of nitrogens with zero attached hydrogens (tertiary/aromatic N) is 5. The molecule has 2 aromatic rings. The van der Waals surface area contributed by atoms with E-state index in [1.807, 2.05) is 11.0 Å². The van der Waals surface area contributed by atoms with Crippen LogP contribution in [0.5, 0.6) is 0 Å². The molecular formula is C25H34FN7O3. The zero-order valence-electron chi connectivity index (χ0n) is 20.6. The highest BCUT2D eigenvalue weighted by molar-refractivity contribution is 5.76. The number of halogens is 1. The van der Waals surface area contributed by atoms with Crippen LogP contribution in [0, 0.1) is 11.3 Å². The van der Waals surface area contributed by atoms with Crippen molar-refractivity contribution >= 4 is 17.7 Å². The highest BCUT2D eigenvalue weighted by Crippen LogP contribution is 2.20. The van der Waals surface area contributed by atoms with Crippen LogP contribution in [-0.2, 0) is 22.4 Å². The number of nitrogens with one attached hydrogen (secondary N) is 2. The fourth-order valence-corrected chi connectivity index (χ4v) is 4.14. The number of aryl methyl sites for hydroxylation is 2. The molecule has 0 bridgehead atoms. The van der Waals surface area contributed by atoms with Crippen LogP contribution >= 0.6 is 0 Å². The summed E-state index contributed by atoms with van der Waals surface area (Å²) in [5, 5.41) is 24.6. The molecule has 3 N–H and O–H groups in total. The van der Waals surface area contributed by atoms with Crippen molar-refractivity contribution in [1.82, 2.24) is 19.9 Å². The van der Waals surface area contributed by atoms with Crippen LogP contribution in [0.25, 0.3) is 0 Å². The number of fused-ring (bicyclic) bond motifs is 1. The lowest BCUT2D eigenvalue weighted by atomic mass is 10.1. The molecule has 0 amide bonds. The van der Waals surface area contributed by atoms with Crippen molar-refractivity contribution in [3.05, 3.63) is 41.3 Å². The number of carboxylic acids is 1. The Morgan fingerprint density at radius 1 is 1.33 bits per heavy atom. The first-order valence-electron chi connectivity index (χ1n) is 12.3. The standard InChI is InChI=1S/C25H34FN7O3/c1-36-17-20(26)16-33(11-3-2-6-21-8-7-19-5-4-10-28-23(19)31-21)12-9-22(24(34)35)32-25-29-14-18(13-27)15-30-25/h7-8,14-15,20,22H,2-6,9-12,16-17H2,1H3,(H,28,31)(H,34,35)(H,29,30,32)/t20-,22?/m0/s1. The number of carboxylic acid groups (broad SMARTS) is 1. The molecule has 36 heavy (non-hydrogen) atoms. The molecule has 0 saturated heterocycles. The maximum atomic E-state index is 14.3. The zero-order chi connectivity index (χ0) is 25.8. The summed E-state index contributed by atoms with van der Waals surface area (Å²) in [5.74, 6) is 0.0603. The molecule has 3 heterocycles. The summed E-state index contributed by atoms with van der Waals surface area (Å²) in [6, 6.07) is 5.19. The maximum Gasteiger partial charge on any atom is 0.326 e. The zero-order valence-corrected chi connectivity index (χ0v) is 20.6. The fraction of sp³-hybridized carbons (Fsp3) is 0.560. The van der Waals surface area contributed by atoms with Gasteiger partial charge in [0.05, 0.1) is 24.6 Å². The number of anilines is 2. The van der Waals surface area contributed by atoms with Crippen molar-refractivity contribution in [2.24, 2.45) is 0 Å². The lowest BCUT2D eigenvalue weighted by Crippen LogP contribution is -2.39. The number of carbonyl (C=O) groups is 1. The summed E-state index contributed by atoms with van der Waals surface area (Å²) in [6.07, 6.45) is 6.45. The Balaban J connectivity index is 1.51. The average Bonchev–Trinajstić information content (AvgIpc) is 2.89. The minimum atomic E-state index is -1.17. The Morgan fingerprint density at radius 2 is 2.14 bits per heavy atom. The van der Waals surface area contributed by atoms with Crippen molar-refractivity contribution in [3.63, 3.8) is 0 Å². The van der Waals surface area contributed by atoms with E-state index < -0.39 is 18.2 Å². The topological polar surface area (TPSA) is 136 Å². The molecule has 11 heteroatoms. The van der Waals surface area contributed by atoms with Gasteiger partial charge in [0.25, 0.3) is 0 Å². The van der Waals surface area contributed by atoms with E-state index in [1.54, 1.807) is 0 Å². The second-order valence-corrected chi connectivity index (χ2v) is 8.88. The van der Waals surface area contributed by atoms with Crippen molar-refractivity contribution < 1.29 is 19.0 Å². The first kappa shape index (κ1) is 27.2. The molecule has 2 aromatic heterocycles. The summed E-state index contributed by atoms with van der Waals surface area (Å²) in [6.45, 7) is 2.11. The van der Waals surface area contributed by atoms with Crippen molar-refractivity contribution in [2.45, 2.75) is 50.7 Å². The second-order valence-electron chi connectivity index (χ2n) is 8.88. The number of unbranched alkanes of at least 4 members (excludes halogenated alkanes) is 1. The van der Waals surface area contributed by atoms with Gasteiger partial charge in [-0.2, -0.15) is 5.26 Å². The second kappa shape index (κ2) is 14.3. The summed E-state index contributed by atoms with van der Waals surface area (Å²) >= 11 is 0. The normalized spacial score (nSPS) is 14.4. The van der Waals surface area contributed by atoms with E-state index in [2.05, 4.69) is 32.7 Å². The average molecular weight is 500 g/mol. The summed E-state index contributed by atoms with van der Waals surface area (Å²) in [4.78, 5) is 26.4. The van der Waals surface area contributed by atoms with Crippen LogP contribution in [-0.4, -0.2) is 83.0 Å². The van der Waals surface area contributed by atoms with E-state index in [4.69, 9.17) is 15.0 Å². The Kier molecular flexibility index (Phi) is 10.8. The number of hydrogen-bond acceptors (Lipinski definition) is 9. The van der Waals surface area contributed by atoms with Gasteiger partial charge in [-0.1, -0.05) is 6.07 Å². The van der Waals surface area contributed by atoms with Crippen LogP contribution in [0.1, 0.15) is 42.5 Å². The maximum absolute atomic E-state index is 14.3. The third-order valence-corrected chi connectivity index (χ3v) is 6.03. The fourth-order valence-electron chi connectivity index (χ4n) is 4.14. The number of rotatable bonds is 15. The Morgan fingerprint density at radius 3 is 2.86 bits per heavy atom. The van der Waals surface area contributed by atoms with Gasteiger partial charge in [-0.3, -0.25) is 0 Å². The molecule has 0 aromatic carbocycles. The van der Waals surface area contributed by atoms with Gasteiger partial charge in [-0.25, -0.2) is 24.1 Å². The van der Waals surface area contributed by atoms with Gasteiger partial charge in [0, 0.05) is 32.4 Å². The quantitative estimate of drug-likeness (QED) is 0.314. The molecule has 0 radical (unpaired) electrons. The number of nitriles is 1. The number of aliphatic carboxylic acids is 1. The molecule has 1 aliphatic rings. The van der Waals surface area contributed by atoms with E-state index in [0.29, 0.717) is 13.1 Å². The predicted octanol–water partition coefficient (Wildman–Crippen LogP) is 2.67. The van der Waals surface area contributed by atoms with Gasteiger partial charge in [0.15, 0.2) is 0 Å². The van der Waals surface area contributed by atoms with Crippen molar-refractivity contribution in [1.29, 1.82) is 5.26 Å². The van der Waals surface area contributed by atoms with E-state index in [-0.39, 0.29) is 31.1 Å². The van der Waals surface area contributed by atoms with E-state index in [0.717, 1.165) is 50.2 Å². The van der Waals surface area contributed by atoms with Crippen LogP contribution in [0.15, 0.2) is 24.5 Å². The number of aromatic nitrogens is 3. The monoisotopic (exact) mass is 499 g/mol. The molecule has 2 atom stereocenters. The van der Waals surface area contributed by atoms with Crippen LogP contribution in [0.3, 0.4) is 0 Å². The minimum Gasteiger partial charge on any atom is -0.480 e. The number of methoxy groups -OCH3 is 1. The van der Waals surface area contributed by atoms with Crippen LogP contribution < -0.4 is 10.6 Å². The van der Waals surface area contributed by atoms with Gasteiger partial charge >= 0.3 is 5.97 Å². The SMILES string of the molecule is COC[C@@H](F)CN(CCCCc1ccc2c(n1)NCCC2)CCC(Nc1ncc(C#N)cn1)C(=O)O. The predicted molar refractivity (Wildman–Crippen MR) is 134 cm³/mol. The summed E-state index contributed by atoms with van der Waals surface area (Å²) in [5.41, 5.74) is 2.58. The number of alkyl halides is 1. The number of hydrogen-bond donors (Lipinski definition) is 3. The van der Waals surface area contributed by atoms with Gasteiger partial charge in [-0.05, 0) is 56.7 Å². The lowest BCUT2D eigenvalue weighted by Gasteiger charge is -2.25. The summed E-state index contributed by atoms with van der Waals surface area (Å²) < 4.78 is 19.3. The molecule has 1 unspecified atom stereocenters. The molecule has 194 valence electrons. The van der Waals surface area contributed by atoms with Gasteiger partial charge < -0.3 is 25.4 Å². The molecule has 10 nitrogen and oxygen atoms in total. The van der Waals surface area contributed by atoms with Gasteiger partial charge in [0.2, 0.25) is 5.95 Å². The molecule has 0 saturated carbocycles. The minimum absolute atomic E-state index is 0.0117. The molecule has 3 rings (SSSR count). The molecule has 0 fully saturated rings. The highest BCUT2D eigenvalue weighted by atomic mass is 19.1. The first-order chi connectivity index (χ1) is 17.5. The largest absolute Gasteiger partial charge is 0.480 e. The Labute approximate surface area is 210 Å².